The van der Waals surface area contributed by atoms with Crippen molar-refractivity contribution < 1.29 is 19.1 Å². The lowest BCUT2D eigenvalue weighted by Crippen LogP contribution is -2.50. The summed E-state index contributed by atoms with van der Waals surface area (Å²) < 4.78 is 11.0. The fourth-order valence-corrected chi connectivity index (χ4v) is 2.79. The number of hydrogen-bond acceptors (Lipinski definition) is 5. The number of rotatable bonds is 5. The lowest BCUT2D eigenvalue weighted by Gasteiger charge is -2.30. The molecule has 0 bridgehead atoms. The molecule has 1 unspecified atom stereocenters. The highest BCUT2D eigenvalue weighted by Gasteiger charge is 2.26. The number of nitrogens with zero attached hydrogens (tertiary/aromatic N) is 1. The molecule has 2 amide bonds. The monoisotopic (exact) mass is 363 g/mol. The van der Waals surface area contributed by atoms with Crippen molar-refractivity contribution in [2.45, 2.75) is 77.2 Å². The molecule has 0 spiro atoms. The molecule has 7 nitrogen and oxygen atoms in total. The summed E-state index contributed by atoms with van der Waals surface area (Å²) >= 11 is 0. The Kier molecular flexibility index (Phi) is 6.83. The summed E-state index contributed by atoms with van der Waals surface area (Å²) in [7, 11) is 0. The molecule has 144 valence electrons. The summed E-state index contributed by atoms with van der Waals surface area (Å²) in [5.41, 5.74) is -0.591. The van der Waals surface area contributed by atoms with Gasteiger partial charge in [0.15, 0.2) is 0 Å². The highest BCUT2D eigenvalue weighted by Crippen LogP contribution is 2.22. The normalized spacial score (nSPS) is 21.4. The number of aromatic nitrogens is 1. The summed E-state index contributed by atoms with van der Waals surface area (Å²) in [4.78, 5) is 28.2. The minimum Gasteiger partial charge on any atom is -0.474 e. The first-order valence-corrected chi connectivity index (χ1v) is 9.10. The van der Waals surface area contributed by atoms with Gasteiger partial charge in [0.25, 0.3) is 0 Å². The molecular weight excluding hydrogens is 334 g/mol. The van der Waals surface area contributed by atoms with E-state index < -0.39 is 17.7 Å². The van der Waals surface area contributed by atoms with Gasteiger partial charge in [-0.2, -0.15) is 0 Å². The van der Waals surface area contributed by atoms with Gasteiger partial charge in [-0.25, -0.2) is 9.78 Å². The van der Waals surface area contributed by atoms with Crippen LogP contribution in [0.15, 0.2) is 24.4 Å². The molecule has 1 heterocycles. The zero-order chi connectivity index (χ0) is 19.2. The lowest BCUT2D eigenvalue weighted by atomic mass is 9.92. The maximum Gasteiger partial charge on any atom is 0.408 e. The number of alkyl carbamates (subject to hydrolysis) is 1. The minimum atomic E-state index is -0.646. The molecule has 1 aliphatic rings. The first kappa shape index (κ1) is 20.0. The first-order chi connectivity index (χ1) is 12.2. The van der Waals surface area contributed by atoms with E-state index in [4.69, 9.17) is 9.47 Å². The predicted molar refractivity (Wildman–Crippen MR) is 97.9 cm³/mol. The van der Waals surface area contributed by atoms with Gasteiger partial charge in [0.1, 0.15) is 17.7 Å². The standard InChI is InChI=1S/C19H29N3O4/c1-13(21-18(24)26-19(2,3)4)17(23)22-14-8-10-15(11-9-14)25-16-7-5-6-12-20-16/h5-7,12-15H,8-11H2,1-4H3,(H,21,24)(H,22,23). The SMILES string of the molecule is CC(NC(=O)OC(C)(C)C)C(=O)NC1CCC(Oc2ccccn2)CC1. The van der Waals surface area contributed by atoms with Gasteiger partial charge in [-0.1, -0.05) is 6.07 Å². The molecular formula is C19H29N3O4. The quantitative estimate of drug-likeness (QED) is 0.840. The van der Waals surface area contributed by atoms with E-state index in [1.54, 1.807) is 33.9 Å². The van der Waals surface area contributed by atoms with Gasteiger partial charge >= 0.3 is 6.09 Å². The zero-order valence-corrected chi connectivity index (χ0v) is 16.0. The molecule has 1 saturated carbocycles. The Balaban J connectivity index is 1.71. The average Bonchev–Trinajstić information content (AvgIpc) is 2.55. The molecule has 1 aromatic heterocycles. The number of amides is 2. The molecule has 1 aromatic rings. The summed E-state index contributed by atoms with van der Waals surface area (Å²) in [6.07, 6.45) is 4.62. The number of carbonyl (C=O) groups is 2. The van der Waals surface area contributed by atoms with Gasteiger partial charge in [0.05, 0.1) is 0 Å². The van der Waals surface area contributed by atoms with Gasteiger partial charge in [-0.05, 0) is 59.4 Å². The van der Waals surface area contributed by atoms with Crippen molar-refractivity contribution in [2.75, 3.05) is 0 Å². The van der Waals surface area contributed by atoms with Crippen molar-refractivity contribution >= 4 is 12.0 Å². The Hall–Kier alpha value is -2.31. The third kappa shape index (κ3) is 6.90. The lowest BCUT2D eigenvalue weighted by molar-refractivity contribution is -0.123. The molecule has 2 N–H and O–H groups in total. The van der Waals surface area contributed by atoms with Crippen LogP contribution < -0.4 is 15.4 Å². The van der Waals surface area contributed by atoms with Crippen LogP contribution in [0.25, 0.3) is 0 Å². The number of ether oxygens (including phenoxy) is 2. The van der Waals surface area contributed by atoms with Gasteiger partial charge in [0, 0.05) is 18.3 Å². The van der Waals surface area contributed by atoms with Crippen LogP contribution >= 0.6 is 0 Å². The second-order valence-electron chi connectivity index (χ2n) is 7.64. The van der Waals surface area contributed by atoms with E-state index in [9.17, 15) is 9.59 Å². The fourth-order valence-electron chi connectivity index (χ4n) is 2.79. The molecule has 1 atom stereocenters. The van der Waals surface area contributed by atoms with Crippen LogP contribution in [0.2, 0.25) is 0 Å². The second-order valence-corrected chi connectivity index (χ2v) is 7.64. The third-order valence-corrected chi connectivity index (χ3v) is 4.07. The van der Waals surface area contributed by atoms with E-state index in [1.165, 1.54) is 0 Å². The average molecular weight is 363 g/mol. The van der Waals surface area contributed by atoms with E-state index >= 15 is 0 Å². The number of nitrogens with one attached hydrogen (secondary N) is 2. The topological polar surface area (TPSA) is 89.5 Å². The molecule has 0 radical (unpaired) electrons. The Morgan fingerprint density at radius 3 is 2.46 bits per heavy atom. The van der Waals surface area contributed by atoms with Crippen LogP contribution in [0.4, 0.5) is 4.79 Å². The van der Waals surface area contributed by atoms with E-state index in [0.29, 0.717) is 5.88 Å². The molecule has 0 aromatic carbocycles. The maximum absolute atomic E-state index is 12.3. The second kappa shape index (κ2) is 8.87. The molecule has 0 aliphatic heterocycles. The Bertz CT molecular complexity index is 593. The highest BCUT2D eigenvalue weighted by atomic mass is 16.6. The molecule has 1 fully saturated rings. The van der Waals surface area contributed by atoms with Gasteiger partial charge in [-0.15, -0.1) is 0 Å². The predicted octanol–water partition coefficient (Wildman–Crippen LogP) is 2.80. The Labute approximate surface area is 154 Å². The van der Waals surface area contributed by atoms with E-state index in [0.717, 1.165) is 25.7 Å². The maximum atomic E-state index is 12.3. The van der Waals surface area contributed by atoms with Crippen LogP contribution in [-0.2, 0) is 9.53 Å². The van der Waals surface area contributed by atoms with Gasteiger partial charge < -0.3 is 20.1 Å². The third-order valence-electron chi connectivity index (χ3n) is 4.07. The van der Waals surface area contributed by atoms with Gasteiger partial charge in [0.2, 0.25) is 11.8 Å². The van der Waals surface area contributed by atoms with Crippen LogP contribution in [0.3, 0.4) is 0 Å². The highest BCUT2D eigenvalue weighted by molar-refractivity contribution is 5.85. The molecule has 1 aliphatic carbocycles. The van der Waals surface area contributed by atoms with E-state index in [-0.39, 0.29) is 18.1 Å². The number of carbonyl (C=O) groups excluding carboxylic acids is 2. The van der Waals surface area contributed by atoms with Crippen molar-refractivity contribution in [1.29, 1.82) is 0 Å². The Morgan fingerprint density at radius 2 is 1.88 bits per heavy atom. The van der Waals surface area contributed by atoms with Crippen LogP contribution in [-0.4, -0.2) is 40.8 Å². The van der Waals surface area contributed by atoms with Crippen molar-refractivity contribution in [2.24, 2.45) is 0 Å². The zero-order valence-electron chi connectivity index (χ0n) is 16.0. The summed E-state index contributed by atoms with van der Waals surface area (Å²) in [6.45, 7) is 6.99. The largest absolute Gasteiger partial charge is 0.474 e. The molecule has 26 heavy (non-hydrogen) atoms. The van der Waals surface area contributed by atoms with E-state index in [2.05, 4.69) is 15.6 Å². The van der Waals surface area contributed by atoms with Crippen molar-refractivity contribution in [3.63, 3.8) is 0 Å². The van der Waals surface area contributed by atoms with Crippen LogP contribution in [0.1, 0.15) is 53.4 Å². The molecule has 0 saturated heterocycles. The fraction of sp³-hybridized carbons (Fsp3) is 0.632. The van der Waals surface area contributed by atoms with Crippen molar-refractivity contribution in [3.8, 4) is 5.88 Å². The van der Waals surface area contributed by atoms with Gasteiger partial charge in [-0.3, -0.25) is 4.79 Å². The molecule has 2 rings (SSSR count). The Morgan fingerprint density at radius 1 is 1.19 bits per heavy atom. The van der Waals surface area contributed by atoms with Crippen LogP contribution in [0.5, 0.6) is 5.88 Å². The number of pyridine rings is 1. The van der Waals surface area contributed by atoms with Crippen molar-refractivity contribution in [1.82, 2.24) is 15.6 Å². The summed E-state index contributed by atoms with van der Waals surface area (Å²) in [5, 5.41) is 5.55. The van der Waals surface area contributed by atoms with Crippen LogP contribution in [0, 0.1) is 0 Å². The molecule has 7 heteroatoms. The minimum absolute atomic E-state index is 0.0916. The summed E-state index contributed by atoms with van der Waals surface area (Å²) in [6, 6.07) is 5.04. The smallest absolute Gasteiger partial charge is 0.408 e. The van der Waals surface area contributed by atoms with Crippen molar-refractivity contribution in [3.05, 3.63) is 24.4 Å². The summed E-state index contributed by atoms with van der Waals surface area (Å²) in [5.74, 6) is 0.431. The number of hydrogen-bond donors (Lipinski definition) is 2. The van der Waals surface area contributed by atoms with E-state index in [1.807, 2.05) is 18.2 Å². The first-order valence-electron chi connectivity index (χ1n) is 9.10.